The van der Waals surface area contributed by atoms with Gasteiger partial charge in [-0.25, -0.2) is 13.2 Å². The summed E-state index contributed by atoms with van der Waals surface area (Å²) in [7, 11) is 1.59. The first-order valence-electron chi connectivity index (χ1n) is 6.98. The van der Waals surface area contributed by atoms with Gasteiger partial charge in [0.1, 0.15) is 6.07 Å². The van der Waals surface area contributed by atoms with Crippen LogP contribution in [0.25, 0.3) is 11.3 Å². The number of aryl methyl sites for hydroxylation is 1. The molecule has 0 N–H and O–H groups in total. The van der Waals surface area contributed by atoms with Gasteiger partial charge in [0.15, 0.2) is 5.82 Å². The normalized spacial score (nSPS) is 16.5. The van der Waals surface area contributed by atoms with Crippen LogP contribution in [0, 0.1) is 17.1 Å². The minimum atomic E-state index is -2.85. The van der Waals surface area contributed by atoms with Gasteiger partial charge >= 0.3 is 0 Å². The van der Waals surface area contributed by atoms with Crippen LogP contribution in [0.5, 0.6) is 0 Å². The Morgan fingerprint density at radius 3 is 2.67 bits per heavy atom. The van der Waals surface area contributed by atoms with E-state index in [1.54, 1.807) is 7.05 Å². The van der Waals surface area contributed by atoms with Crippen molar-refractivity contribution < 1.29 is 13.2 Å². The zero-order valence-corrected chi connectivity index (χ0v) is 14.8. The molecule has 2 heterocycles. The van der Waals surface area contributed by atoms with Gasteiger partial charge in [-0.15, -0.1) is 0 Å². The van der Waals surface area contributed by atoms with Gasteiger partial charge in [-0.3, -0.25) is 4.68 Å². The third-order valence-electron chi connectivity index (χ3n) is 3.95. The molecule has 0 saturated carbocycles. The molecule has 126 valence electrons. The van der Waals surface area contributed by atoms with Crippen LogP contribution in [-0.2, 0) is 7.05 Å². The van der Waals surface area contributed by atoms with E-state index in [-0.39, 0.29) is 34.8 Å². The molecule has 0 aliphatic carbocycles. The van der Waals surface area contributed by atoms with Crippen LogP contribution in [0.15, 0.2) is 16.7 Å². The molecule has 4 nitrogen and oxygen atoms in total. The smallest absolute Gasteiger partial charge is 0.266 e. The molecule has 3 rings (SSSR count). The lowest BCUT2D eigenvalue weighted by molar-refractivity contribution is 0.0257. The van der Waals surface area contributed by atoms with Gasteiger partial charge in [-0.2, -0.15) is 10.4 Å². The standard InChI is InChI=1S/C15H11BrClF3N4/c1-23-14(9(16)6-22-23)12-8(5-21)11(4-10(17)13(12)18)24-3-2-15(19,20)7-24/h4,6H,2-3,7H2,1H3. The monoisotopic (exact) mass is 418 g/mol. The molecular formula is C15H11BrClF3N4. The van der Waals surface area contributed by atoms with Gasteiger partial charge < -0.3 is 4.90 Å². The van der Waals surface area contributed by atoms with Crippen LogP contribution in [0.3, 0.4) is 0 Å². The number of hydrogen-bond donors (Lipinski definition) is 0. The van der Waals surface area contributed by atoms with Gasteiger partial charge in [0, 0.05) is 20.0 Å². The number of nitriles is 1. The van der Waals surface area contributed by atoms with Gasteiger partial charge in [0.05, 0.1) is 44.7 Å². The van der Waals surface area contributed by atoms with Crippen molar-refractivity contribution in [1.29, 1.82) is 5.26 Å². The van der Waals surface area contributed by atoms with Gasteiger partial charge in [0.2, 0.25) is 0 Å². The summed E-state index contributed by atoms with van der Waals surface area (Å²) in [5, 5.41) is 13.3. The molecule has 0 bridgehead atoms. The highest BCUT2D eigenvalue weighted by Gasteiger charge is 2.40. The average Bonchev–Trinajstić information content (AvgIpc) is 3.04. The minimum absolute atomic E-state index is 0.0427. The molecule has 1 aromatic carbocycles. The van der Waals surface area contributed by atoms with Crippen molar-refractivity contribution in [1.82, 2.24) is 9.78 Å². The van der Waals surface area contributed by atoms with Crippen LogP contribution in [0.4, 0.5) is 18.9 Å². The molecule has 1 fully saturated rings. The largest absolute Gasteiger partial charge is 0.364 e. The second-order valence-electron chi connectivity index (χ2n) is 5.55. The topological polar surface area (TPSA) is 44.9 Å². The Morgan fingerprint density at radius 2 is 2.17 bits per heavy atom. The lowest BCUT2D eigenvalue weighted by Crippen LogP contribution is -2.25. The molecule has 0 atom stereocenters. The average molecular weight is 420 g/mol. The zero-order valence-electron chi connectivity index (χ0n) is 12.5. The molecule has 0 unspecified atom stereocenters. The predicted octanol–water partition coefficient (Wildman–Crippen LogP) is 4.36. The van der Waals surface area contributed by atoms with Crippen LogP contribution >= 0.6 is 27.5 Å². The van der Waals surface area contributed by atoms with Crippen molar-refractivity contribution in [3.8, 4) is 17.3 Å². The maximum atomic E-state index is 14.7. The summed E-state index contributed by atoms with van der Waals surface area (Å²) in [6.07, 6.45) is 1.14. The van der Waals surface area contributed by atoms with Crippen molar-refractivity contribution in [3.63, 3.8) is 0 Å². The van der Waals surface area contributed by atoms with Gasteiger partial charge in [-0.05, 0) is 22.0 Å². The summed E-state index contributed by atoms with van der Waals surface area (Å²) in [6.45, 7) is -0.467. The first-order chi connectivity index (χ1) is 11.2. The SMILES string of the molecule is Cn1ncc(Br)c1-c1c(F)c(Cl)cc(N2CCC(F)(F)C2)c1C#N. The Bertz CT molecular complexity index is 840. The Hall–Kier alpha value is -1.72. The van der Waals surface area contributed by atoms with Crippen molar-refractivity contribution in [2.45, 2.75) is 12.3 Å². The molecule has 0 amide bonds. The van der Waals surface area contributed by atoms with Crippen molar-refractivity contribution in [2.24, 2.45) is 7.05 Å². The first-order valence-corrected chi connectivity index (χ1v) is 8.15. The van der Waals surface area contributed by atoms with E-state index >= 15 is 0 Å². The number of hydrogen-bond acceptors (Lipinski definition) is 3. The Labute approximate surface area is 149 Å². The van der Waals surface area contributed by atoms with E-state index in [4.69, 9.17) is 11.6 Å². The molecule has 2 aromatic rings. The number of rotatable bonds is 2. The fraction of sp³-hybridized carbons (Fsp3) is 0.333. The fourth-order valence-electron chi connectivity index (χ4n) is 2.83. The van der Waals surface area contributed by atoms with E-state index < -0.39 is 18.3 Å². The summed E-state index contributed by atoms with van der Waals surface area (Å²) < 4.78 is 43.6. The molecular weight excluding hydrogens is 409 g/mol. The van der Waals surface area contributed by atoms with E-state index in [1.165, 1.54) is 21.8 Å². The van der Waals surface area contributed by atoms with Crippen molar-refractivity contribution >= 4 is 33.2 Å². The lowest BCUT2D eigenvalue weighted by atomic mass is 10.0. The molecule has 1 saturated heterocycles. The highest BCUT2D eigenvalue weighted by atomic mass is 79.9. The Balaban J connectivity index is 2.26. The van der Waals surface area contributed by atoms with Crippen molar-refractivity contribution in [3.05, 3.63) is 33.1 Å². The summed E-state index contributed by atoms with van der Waals surface area (Å²) in [6, 6.07) is 3.16. The molecule has 0 spiro atoms. The Kier molecular flexibility index (Phi) is 4.26. The molecule has 0 radical (unpaired) electrons. The number of alkyl halides is 2. The summed E-state index contributed by atoms with van der Waals surface area (Å²) in [4.78, 5) is 1.36. The number of aromatic nitrogens is 2. The summed E-state index contributed by atoms with van der Waals surface area (Å²) in [5.74, 6) is -3.63. The van der Waals surface area contributed by atoms with Crippen molar-refractivity contribution in [2.75, 3.05) is 18.0 Å². The minimum Gasteiger partial charge on any atom is -0.364 e. The third-order valence-corrected chi connectivity index (χ3v) is 4.81. The summed E-state index contributed by atoms with van der Waals surface area (Å²) >= 11 is 9.24. The lowest BCUT2D eigenvalue weighted by Gasteiger charge is -2.22. The second kappa shape index (κ2) is 5.97. The van der Waals surface area contributed by atoms with E-state index in [0.29, 0.717) is 10.2 Å². The number of benzene rings is 1. The van der Waals surface area contributed by atoms with Gasteiger partial charge in [-0.1, -0.05) is 11.6 Å². The quantitative estimate of drug-likeness (QED) is 0.726. The molecule has 9 heteroatoms. The summed E-state index contributed by atoms with van der Waals surface area (Å²) in [5.41, 5.74) is 0.420. The maximum Gasteiger partial charge on any atom is 0.266 e. The third kappa shape index (κ3) is 2.76. The molecule has 24 heavy (non-hydrogen) atoms. The fourth-order valence-corrected chi connectivity index (χ4v) is 3.58. The van der Waals surface area contributed by atoms with E-state index in [9.17, 15) is 18.4 Å². The van der Waals surface area contributed by atoms with Gasteiger partial charge in [0.25, 0.3) is 5.92 Å². The van der Waals surface area contributed by atoms with E-state index in [0.717, 1.165) is 0 Å². The van der Waals surface area contributed by atoms with E-state index in [1.807, 2.05) is 6.07 Å². The maximum absolute atomic E-state index is 14.7. The number of nitrogens with zero attached hydrogens (tertiary/aromatic N) is 4. The zero-order chi connectivity index (χ0) is 17.6. The van der Waals surface area contributed by atoms with Crippen LogP contribution in [0.2, 0.25) is 5.02 Å². The van der Waals surface area contributed by atoms with E-state index in [2.05, 4.69) is 21.0 Å². The second-order valence-corrected chi connectivity index (χ2v) is 6.81. The van der Waals surface area contributed by atoms with Crippen LogP contribution < -0.4 is 4.90 Å². The van der Waals surface area contributed by atoms with Crippen LogP contribution in [0.1, 0.15) is 12.0 Å². The first kappa shape index (κ1) is 17.1. The Morgan fingerprint density at radius 1 is 1.46 bits per heavy atom. The highest BCUT2D eigenvalue weighted by Crippen LogP contribution is 2.42. The molecule has 1 aromatic heterocycles. The van der Waals surface area contributed by atoms with Crippen LogP contribution in [-0.4, -0.2) is 28.8 Å². The predicted molar refractivity (Wildman–Crippen MR) is 87.8 cm³/mol. The number of halogens is 5. The molecule has 1 aliphatic heterocycles. The number of anilines is 1. The molecule has 1 aliphatic rings. The highest BCUT2D eigenvalue weighted by molar-refractivity contribution is 9.10.